The van der Waals surface area contributed by atoms with Gasteiger partial charge in [-0.3, -0.25) is 9.59 Å². The van der Waals surface area contributed by atoms with Crippen LogP contribution in [0.5, 0.6) is 0 Å². The number of nitrogens with zero attached hydrogens (tertiary/aromatic N) is 1. The molecule has 8 heteroatoms. The fraction of sp³-hybridized carbons (Fsp3) is 0.464. The fourth-order valence-electron chi connectivity index (χ4n) is 6.04. The van der Waals surface area contributed by atoms with Crippen LogP contribution in [0.15, 0.2) is 40.8 Å². The third kappa shape index (κ3) is 4.13. The van der Waals surface area contributed by atoms with Gasteiger partial charge in [0.1, 0.15) is 11.6 Å². The summed E-state index contributed by atoms with van der Waals surface area (Å²) in [5, 5.41) is 9.44. The summed E-state index contributed by atoms with van der Waals surface area (Å²) in [7, 11) is 0. The third-order valence-corrected chi connectivity index (χ3v) is 8.06. The third-order valence-electron chi connectivity index (χ3n) is 8.06. The maximum Gasteiger partial charge on any atom is 0.296 e. The average molecular weight is 489 g/mol. The Hall–Kier alpha value is -3.39. The molecule has 1 atom stereocenters. The van der Waals surface area contributed by atoms with Gasteiger partial charge in [0.2, 0.25) is 11.8 Å². The lowest BCUT2D eigenvalue weighted by molar-refractivity contribution is -0.124. The first-order valence-corrected chi connectivity index (χ1v) is 13.0. The van der Waals surface area contributed by atoms with E-state index in [-0.39, 0.29) is 17.7 Å². The highest BCUT2D eigenvalue weighted by Gasteiger charge is 2.47. The Morgan fingerprint density at radius 2 is 1.92 bits per heavy atom. The van der Waals surface area contributed by atoms with Crippen LogP contribution < -0.4 is 16.0 Å². The zero-order valence-electron chi connectivity index (χ0n) is 20.6. The largest absolute Gasteiger partial charge is 0.424 e. The summed E-state index contributed by atoms with van der Waals surface area (Å²) in [6, 6.07) is 11.5. The number of aryl methyl sites for hydroxylation is 1. The molecule has 3 aliphatic rings. The van der Waals surface area contributed by atoms with Crippen molar-refractivity contribution >= 4 is 40.3 Å². The summed E-state index contributed by atoms with van der Waals surface area (Å²) in [6.07, 6.45) is 6.73. The van der Waals surface area contributed by atoms with E-state index in [0.29, 0.717) is 43.3 Å². The van der Waals surface area contributed by atoms with E-state index >= 15 is 0 Å². The lowest BCUT2D eigenvalue weighted by atomic mass is 9.75. The van der Waals surface area contributed by atoms with Crippen LogP contribution in [0.2, 0.25) is 0 Å². The van der Waals surface area contributed by atoms with Crippen molar-refractivity contribution in [3.63, 3.8) is 0 Å². The van der Waals surface area contributed by atoms with Crippen LogP contribution in [0.4, 0.5) is 17.4 Å². The molecule has 3 aromatic rings. The van der Waals surface area contributed by atoms with Gasteiger partial charge in [-0.1, -0.05) is 31.4 Å². The van der Waals surface area contributed by atoms with Crippen molar-refractivity contribution in [2.24, 2.45) is 5.92 Å². The minimum atomic E-state index is -0.520. The van der Waals surface area contributed by atoms with Gasteiger partial charge in [0.25, 0.3) is 6.01 Å². The highest BCUT2D eigenvalue weighted by atomic mass is 16.5. The molecule has 2 aliphatic heterocycles. The molecule has 1 aromatic heterocycles. The quantitative estimate of drug-likeness (QED) is 0.459. The molecular formula is C28H32N4O4. The minimum Gasteiger partial charge on any atom is -0.424 e. The predicted molar refractivity (Wildman–Crippen MR) is 138 cm³/mol. The predicted octanol–water partition coefficient (Wildman–Crippen LogP) is 5.14. The Morgan fingerprint density at radius 1 is 1.11 bits per heavy atom. The molecule has 2 fully saturated rings. The second kappa shape index (κ2) is 9.24. The molecule has 6 rings (SSSR count). The summed E-state index contributed by atoms with van der Waals surface area (Å²) in [4.78, 5) is 31.1. The molecule has 3 heterocycles. The normalized spacial score (nSPS) is 20.2. The second-order valence-electron chi connectivity index (χ2n) is 10.4. The van der Waals surface area contributed by atoms with Gasteiger partial charge in [0, 0.05) is 24.6 Å². The molecule has 2 aromatic carbocycles. The van der Waals surface area contributed by atoms with Crippen LogP contribution in [-0.2, 0) is 19.7 Å². The van der Waals surface area contributed by atoms with E-state index < -0.39 is 11.5 Å². The Balaban J connectivity index is 1.24. The standard InChI is InChI=1S/C28H32N4O4/c1-17-7-10-23-22(15-17)31-27(36-23)32-24(18-5-3-2-4-6-18)25(33)29-19-8-9-20-21(16-19)30-26(34)28(20)11-13-35-14-12-28/h7-10,15-16,18,24H,2-6,11-14H2,1H3,(H,29,33)(H,30,34)(H,31,32). The summed E-state index contributed by atoms with van der Waals surface area (Å²) in [5.41, 5.74) is 4.50. The topological polar surface area (TPSA) is 105 Å². The van der Waals surface area contributed by atoms with Gasteiger partial charge >= 0.3 is 0 Å². The first kappa shape index (κ1) is 23.0. The number of oxazole rings is 1. The van der Waals surface area contributed by atoms with Crippen LogP contribution >= 0.6 is 0 Å². The number of anilines is 3. The van der Waals surface area contributed by atoms with E-state index in [1.165, 1.54) is 6.42 Å². The Morgan fingerprint density at radius 3 is 2.72 bits per heavy atom. The number of aromatic nitrogens is 1. The number of hydrogen-bond acceptors (Lipinski definition) is 6. The van der Waals surface area contributed by atoms with Crippen LogP contribution in [0.3, 0.4) is 0 Å². The summed E-state index contributed by atoms with van der Waals surface area (Å²) in [5.74, 6) is 0.0951. The molecule has 0 radical (unpaired) electrons. The van der Waals surface area contributed by atoms with Gasteiger partial charge in [-0.2, -0.15) is 4.98 Å². The van der Waals surface area contributed by atoms with Gasteiger partial charge in [-0.15, -0.1) is 0 Å². The van der Waals surface area contributed by atoms with Crippen molar-refractivity contribution in [3.05, 3.63) is 47.5 Å². The van der Waals surface area contributed by atoms with Crippen LogP contribution in [0.25, 0.3) is 11.1 Å². The number of nitrogens with one attached hydrogen (secondary N) is 3. The van der Waals surface area contributed by atoms with Crippen molar-refractivity contribution in [3.8, 4) is 0 Å². The molecule has 36 heavy (non-hydrogen) atoms. The zero-order valence-corrected chi connectivity index (χ0v) is 20.6. The highest BCUT2D eigenvalue weighted by Crippen LogP contribution is 2.45. The van der Waals surface area contributed by atoms with E-state index in [1.807, 2.05) is 43.3 Å². The molecule has 1 saturated carbocycles. The molecular weight excluding hydrogens is 456 g/mol. The van der Waals surface area contributed by atoms with Crippen molar-refractivity contribution < 1.29 is 18.7 Å². The van der Waals surface area contributed by atoms with Gasteiger partial charge in [-0.05, 0) is 73.9 Å². The molecule has 1 unspecified atom stereocenters. The molecule has 188 valence electrons. The van der Waals surface area contributed by atoms with Crippen molar-refractivity contribution in [2.75, 3.05) is 29.2 Å². The van der Waals surface area contributed by atoms with Crippen molar-refractivity contribution in [1.29, 1.82) is 0 Å². The summed E-state index contributed by atoms with van der Waals surface area (Å²) in [6.45, 7) is 3.17. The fourth-order valence-corrected chi connectivity index (χ4v) is 6.04. The van der Waals surface area contributed by atoms with Crippen LogP contribution in [0.1, 0.15) is 56.1 Å². The number of benzene rings is 2. The molecule has 2 amide bonds. The lowest BCUT2D eigenvalue weighted by Gasteiger charge is -2.31. The SMILES string of the molecule is Cc1ccc2oc(NC(C(=O)Nc3ccc4c(c3)NC(=O)C43CCOCC3)C3CCCCC3)nc2c1. The molecule has 1 aliphatic carbocycles. The van der Waals surface area contributed by atoms with Gasteiger partial charge < -0.3 is 25.1 Å². The smallest absolute Gasteiger partial charge is 0.296 e. The lowest BCUT2D eigenvalue weighted by Crippen LogP contribution is -2.41. The van der Waals surface area contributed by atoms with Crippen LogP contribution in [0, 0.1) is 12.8 Å². The first-order valence-electron chi connectivity index (χ1n) is 13.0. The molecule has 1 spiro atoms. The molecule has 0 bridgehead atoms. The van der Waals surface area contributed by atoms with Gasteiger partial charge in [0.05, 0.1) is 5.41 Å². The second-order valence-corrected chi connectivity index (χ2v) is 10.4. The Bertz CT molecular complexity index is 1300. The maximum atomic E-state index is 13.6. The van der Waals surface area contributed by atoms with E-state index in [4.69, 9.17) is 9.15 Å². The average Bonchev–Trinajstić information content (AvgIpc) is 3.40. The highest BCUT2D eigenvalue weighted by molar-refractivity contribution is 6.07. The Kier molecular flexibility index (Phi) is 5.91. The summed E-state index contributed by atoms with van der Waals surface area (Å²) >= 11 is 0. The number of carbonyl (C=O) groups is 2. The van der Waals surface area contributed by atoms with E-state index in [0.717, 1.165) is 48.0 Å². The van der Waals surface area contributed by atoms with Crippen molar-refractivity contribution in [2.45, 2.75) is 63.3 Å². The van der Waals surface area contributed by atoms with Gasteiger partial charge in [-0.25, -0.2) is 0 Å². The monoisotopic (exact) mass is 488 g/mol. The van der Waals surface area contributed by atoms with E-state index in [9.17, 15) is 9.59 Å². The number of ether oxygens (including phenoxy) is 1. The molecule has 8 nitrogen and oxygen atoms in total. The number of fused-ring (bicyclic) bond motifs is 3. The minimum absolute atomic E-state index is 0.0252. The number of carbonyl (C=O) groups excluding carboxylic acids is 2. The molecule has 3 N–H and O–H groups in total. The van der Waals surface area contributed by atoms with E-state index in [1.54, 1.807) is 0 Å². The maximum absolute atomic E-state index is 13.6. The van der Waals surface area contributed by atoms with Gasteiger partial charge in [0.15, 0.2) is 5.58 Å². The number of hydrogen-bond donors (Lipinski definition) is 3. The van der Waals surface area contributed by atoms with Crippen molar-refractivity contribution in [1.82, 2.24) is 4.98 Å². The molecule has 1 saturated heterocycles. The Labute approximate surface area is 210 Å². The van der Waals surface area contributed by atoms with Crippen LogP contribution in [-0.4, -0.2) is 36.1 Å². The zero-order chi connectivity index (χ0) is 24.7. The summed E-state index contributed by atoms with van der Waals surface area (Å²) < 4.78 is 11.4. The number of rotatable bonds is 5. The first-order chi connectivity index (χ1) is 17.5. The number of amides is 2. The van der Waals surface area contributed by atoms with E-state index in [2.05, 4.69) is 20.9 Å².